The van der Waals surface area contributed by atoms with Crippen molar-refractivity contribution in [1.82, 2.24) is 10.6 Å². The van der Waals surface area contributed by atoms with Crippen LogP contribution >= 0.6 is 0 Å². The number of nitrogens with one attached hydrogen (secondary N) is 2. The van der Waals surface area contributed by atoms with Crippen LogP contribution in [-0.2, 0) is 4.79 Å². The second kappa shape index (κ2) is 7.62. The third-order valence-corrected chi connectivity index (χ3v) is 3.85. The molecule has 0 unspecified atom stereocenters. The molecule has 1 aliphatic rings. The van der Waals surface area contributed by atoms with E-state index in [1.807, 2.05) is 49.3 Å². The van der Waals surface area contributed by atoms with Gasteiger partial charge in [0, 0.05) is 31.4 Å². The number of nitriles is 1. The number of carbonyl (C=O) groups excluding carboxylic acids is 1. The van der Waals surface area contributed by atoms with Gasteiger partial charge in [-0.3, -0.25) is 4.79 Å². The van der Waals surface area contributed by atoms with Gasteiger partial charge in [0.2, 0.25) is 0 Å². The number of hydrogen-bond donors (Lipinski definition) is 2. The SMILES string of the molecule is CN(C)c1ccccc1/C(NC1CCNCC1)=C(/C#N)C=O. The second-order valence-electron chi connectivity index (χ2n) is 5.60. The van der Waals surface area contributed by atoms with E-state index in [2.05, 4.69) is 10.6 Å². The molecule has 1 saturated heterocycles. The van der Waals surface area contributed by atoms with E-state index in [-0.39, 0.29) is 11.6 Å². The number of hydrogen-bond acceptors (Lipinski definition) is 5. The largest absolute Gasteiger partial charge is 0.380 e. The van der Waals surface area contributed by atoms with E-state index >= 15 is 0 Å². The minimum atomic E-state index is 0.146. The standard InChI is InChI=1S/C17H22N4O/c1-21(2)16-6-4-3-5-15(16)17(13(11-18)12-22)20-14-7-9-19-10-8-14/h3-6,12,14,19-20H,7-10H2,1-2H3/b17-13+. The lowest BCUT2D eigenvalue weighted by atomic mass is 10.0. The van der Waals surface area contributed by atoms with Gasteiger partial charge in [-0.25, -0.2) is 0 Å². The van der Waals surface area contributed by atoms with E-state index in [0.29, 0.717) is 12.0 Å². The molecule has 2 rings (SSSR count). The Hall–Kier alpha value is -2.32. The fourth-order valence-corrected chi connectivity index (χ4v) is 2.69. The van der Waals surface area contributed by atoms with Crippen LogP contribution < -0.4 is 15.5 Å². The molecule has 116 valence electrons. The zero-order chi connectivity index (χ0) is 15.9. The Balaban J connectivity index is 2.43. The number of benzene rings is 1. The molecule has 0 aliphatic carbocycles. The summed E-state index contributed by atoms with van der Waals surface area (Å²) >= 11 is 0. The maximum atomic E-state index is 11.3. The number of allylic oxidation sites excluding steroid dienone is 1. The summed E-state index contributed by atoms with van der Waals surface area (Å²) in [5, 5.41) is 16.1. The van der Waals surface area contributed by atoms with E-state index < -0.39 is 0 Å². The number of rotatable bonds is 5. The highest BCUT2D eigenvalue weighted by Crippen LogP contribution is 2.27. The van der Waals surface area contributed by atoms with Crippen LogP contribution in [0.4, 0.5) is 5.69 Å². The van der Waals surface area contributed by atoms with Crippen LogP contribution in [0.25, 0.3) is 5.70 Å². The van der Waals surface area contributed by atoms with Crippen molar-refractivity contribution in [2.45, 2.75) is 18.9 Å². The van der Waals surface area contributed by atoms with Crippen molar-refractivity contribution in [3.8, 4) is 6.07 Å². The molecular formula is C17H22N4O. The first kappa shape index (κ1) is 16.1. The average Bonchev–Trinajstić information content (AvgIpc) is 2.56. The molecule has 5 heteroatoms. The fraction of sp³-hybridized carbons (Fsp3) is 0.412. The van der Waals surface area contributed by atoms with Gasteiger partial charge >= 0.3 is 0 Å². The van der Waals surface area contributed by atoms with Gasteiger partial charge in [-0.15, -0.1) is 0 Å². The fourth-order valence-electron chi connectivity index (χ4n) is 2.69. The summed E-state index contributed by atoms with van der Waals surface area (Å²) in [5.41, 5.74) is 2.64. The highest BCUT2D eigenvalue weighted by atomic mass is 16.1. The van der Waals surface area contributed by atoms with E-state index in [1.165, 1.54) is 0 Å². The molecule has 0 atom stereocenters. The van der Waals surface area contributed by atoms with Gasteiger partial charge in [0.25, 0.3) is 0 Å². The Labute approximate surface area is 131 Å². The first-order valence-corrected chi connectivity index (χ1v) is 7.51. The summed E-state index contributed by atoms with van der Waals surface area (Å²) in [6.45, 7) is 1.90. The Morgan fingerprint density at radius 1 is 1.36 bits per heavy atom. The quantitative estimate of drug-likeness (QED) is 0.490. The van der Waals surface area contributed by atoms with Crippen LogP contribution in [0, 0.1) is 11.3 Å². The first-order valence-electron chi connectivity index (χ1n) is 7.51. The summed E-state index contributed by atoms with van der Waals surface area (Å²) in [6, 6.07) is 10.1. The number of anilines is 1. The summed E-state index contributed by atoms with van der Waals surface area (Å²) in [7, 11) is 3.90. The van der Waals surface area contributed by atoms with E-state index in [1.54, 1.807) is 0 Å². The van der Waals surface area contributed by atoms with Crippen LogP contribution in [0.15, 0.2) is 29.8 Å². The summed E-state index contributed by atoms with van der Waals surface area (Å²) in [6.07, 6.45) is 2.59. The zero-order valence-electron chi connectivity index (χ0n) is 13.1. The topological polar surface area (TPSA) is 68.2 Å². The van der Waals surface area contributed by atoms with Gasteiger partial charge in [0.05, 0.1) is 5.70 Å². The van der Waals surface area contributed by atoms with E-state index in [0.717, 1.165) is 37.2 Å². The highest BCUT2D eigenvalue weighted by molar-refractivity contribution is 5.94. The lowest BCUT2D eigenvalue weighted by Gasteiger charge is -2.28. The molecule has 1 fully saturated rings. The molecule has 2 N–H and O–H groups in total. The lowest BCUT2D eigenvalue weighted by Crippen LogP contribution is -2.39. The summed E-state index contributed by atoms with van der Waals surface area (Å²) in [5.74, 6) is 0. The maximum absolute atomic E-state index is 11.3. The molecule has 1 heterocycles. The highest BCUT2D eigenvalue weighted by Gasteiger charge is 2.19. The van der Waals surface area contributed by atoms with Gasteiger partial charge in [-0.2, -0.15) is 5.26 Å². The summed E-state index contributed by atoms with van der Waals surface area (Å²) < 4.78 is 0. The zero-order valence-corrected chi connectivity index (χ0v) is 13.1. The minimum absolute atomic E-state index is 0.146. The van der Waals surface area contributed by atoms with Crippen molar-refractivity contribution >= 4 is 17.7 Å². The molecule has 5 nitrogen and oxygen atoms in total. The molecule has 1 aromatic rings. The predicted octanol–water partition coefficient (Wildman–Crippen LogP) is 1.53. The van der Waals surface area contributed by atoms with Crippen molar-refractivity contribution in [3.05, 3.63) is 35.4 Å². The normalized spacial score (nSPS) is 16.4. The molecule has 0 radical (unpaired) electrons. The van der Waals surface area contributed by atoms with Crippen LogP contribution in [0.1, 0.15) is 18.4 Å². The number of carbonyl (C=O) groups is 1. The van der Waals surface area contributed by atoms with Gasteiger partial charge < -0.3 is 15.5 Å². The molecule has 22 heavy (non-hydrogen) atoms. The van der Waals surface area contributed by atoms with E-state index in [4.69, 9.17) is 0 Å². The van der Waals surface area contributed by atoms with Gasteiger partial charge in [0.1, 0.15) is 11.6 Å². The first-order chi connectivity index (χ1) is 10.7. The monoisotopic (exact) mass is 298 g/mol. The van der Waals surface area contributed by atoms with Crippen LogP contribution in [0.5, 0.6) is 0 Å². The number of para-hydroxylation sites is 1. The van der Waals surface area contributed by atoms with Crippen molar-refractivity contribution < 1.29 is 4.79 Å². The van der Waals surface area contributed by atoms with Crippen LogP contribution in [-0.4, -0.2) is 39.5 Å². The Bertz CT molecular complexity index is 595. The molecular weight excluding hydrogens is 276 g/mol. The smallest absolute Gasteiger partial charge is 0.162 e. The average molecular weight is 298 g/mol. The summed E-state index contributed by atoms with van der Waals surface area (Å²) in [4.78, 5) is 13.3. The van der Waals surface area contributed by atoms with Crippen LogP contribution in [0.3, 0.4) is 0 Å². The molecule has 0 aromatic heterocycles. The Morgan fingerprint density at radius 2 is 2.05 bits per heavy atom. The number of piperidine rings is 1. The molecule has 1 aliphatic heterocycles. The number of aldehydes is 1. The molecule has 0 bridgehead atoms. The molecule has 0 amide bonds. The van der Waals surface area contributed by atoms with Gasteiger partial charge in [-0.05, 0) is 32.0 Å². The molecule has 1 aromatic carbocycles. The predicted molar refractivity (Wildman–Crippen MR) is 88.4 cm³/mol. The minimum Gasteiger partial charge on any atom is -0.380 e. The molecule has 0 saturated carbocycles. The number of nitrogens with zero attached hydrogens (tertiary/aromatic N) is 2. The maximum Gasteiger partial charge on any atom is 0.162 e. The van der Waals surface area contributed by atoms with Gasteiger partial charge in [0.15, 0.2) is 6.29 Å². The Morgan fingerprint density at radius 3 is 2.64 bits per heavy atom. The third kappa shape index (κ3) is 3.66. The second-order valence-corrected chi connectivity index (χ2v) is 5.60. The third-order valence-electron chi connectivity index (χ3n) is 3.85. The van der Waals surface area contributed by atoms with Crippen molar-refractivity contribution in [2.75, 3.05) is 32.1 Å². The Kier molecular flexibility index (Phi) is 5.56. The lowest BCUT2D eigenvalue weighted by molar-refractivity contribution is -0.104. The van der Waals surface area contributed by atoms with Crippen molar-refractivity contribution in [1.29, 1.82) is 5.26 Å². The van der Waals surface area contributed by atoms with Crippen molar-refractivity contribution in [3.63, 3.8) is 0 Å². The van der Waals surface area contributed by atoms with Crippen LogP contribution in [0.2, 0.25) is 0 Å². The van der Waals surface area contributed by atoms with Crippen molar-refractivity contribution in [2.24, 2.45) is 0 Å². The van der Waals surface area contributed by atoms with Gasteiger partial charge in [-0.1, -0.05) is 18.2 Å². The molecule has 0 spiro atoms. The van der Waals surface area contributed by atoms with E-state index in [9.17, 15) is 10.1 Å².